The van der Waals surface area contributed by atoms with Gasteiger partial charge in [-0.25, -0.2) is 0 Å². The van der Waals surface area contributed by atoms with Crippen LogP contribution >= 0.6 is 49.3 Å². The van der Waals surface area contributed by atoms with Gasteiger partial charge in [-0.2, -0.15) is 0 Å². The number of thiol groups is 1. The van der Waals surface area contributed by atoms with E-state index < -0.39 is 0 Å². The van der Waals surface area contributed by atoms with Crippen molar-refractivity contribution < 1.29 is 19.5 Å². The number of hydrogen-bond donors (Lipinski definition) is 4. The van der Waals surface area contributed by atoms with E-state index in [2.05, 4.69) is 125 Å². The first-order valence-corrected chi connectivity index (χ1v) is 37.5. The normalized spacial score (nSPS) is 12.7. The molecule has 0 aromatic heterocycles. The van der Waals surface area contributed by atoms with Crippen molar-refractivity contribution in [2.45, 2.75) is 420 Å². The second kappa shape index (κ2) is 72.5. The molecule has 0 bridgehead atoms. The van der Waals surface area contributed by atoms with Crippen LogP contribution in [0.5, 0.6) is 0 Å². The molecule has 4 unspecified atom stereocenters. The van der Waals surface area contributed by atoms with Crippen LogP contribution in [0, 0.1) is 0 Å². The molecule has 0 aliphatic carbocycles. The van der Waals surface area contributed by atoms with Gasteiger partial charge in [-0.3, -0.25) is 4.90 Å². The summed E-state index contributed by atoms with van der Waals surface area (Å²) < 4.78 is 1.31. The van der Waals surface area contributed by atoms with Crippen molar-refractivity contribution in [3.8, 4) is 0 Å². The number of nitrogens with one attached hydrogen (secondary N) is 3. The fourth-order valence-corrected chi connectivity index (χ4v) is 12.6. The van der Waals surface area contributed by atoms with Crippen LogP contribution < -0.4 is 16.0 Å². The first kappa shape index (κ1) is 87.5. The van der Waals surface area contributed by atoms with Crippen LogP contribution in [-0.4, -0.2) is 54.6 Å². The van der Waals surface area contributed by atoms with Crippen molar-refractivity contribution in [3.05, 3.63) is 0 Å². The van der Waals surface area contributed by atoms with Gasteiger partial charge in [-0.15, -0.1) is 12.6 Å². The molecule has 11 heteroatoms. The Bertz CT molecular complexity index is 1130. The Morgan fingerprint density at radius 1 is 0.338 bits per heavy atom. The largest absolute Gasteiger partial charge is 2.00 e. The summed E-state index contributed by atoms with van der Waals surface area (Å²) >= 11 is 27.1. The van der Waals surface area contributed by atoms with E-state index in [1.165, 1.54) is 327 Å². The molecule has 0 heterocycles. The third-order valence-electron chi connectivity index (χ3n) is 16.2. The minimum Gasteiger partial charge on any atom is -0.412 e. The second-order valence-electron chi connectivity index (χ2n) is 24.5. The molecule has 0 spiro atoms. The molecular weight excluding hydrogens is 1140 g/mol. The van der Waals surface area contributed by atoms with E-state index in [-0.39, 0.29) is 25.5 Å². The maximum Gasteiger partial charge on any atom is 2.00 e. The Morgan fingerprint density at radius 2 is 0.525 bits per heavy atom. The van der Waals surface area contributed by atoms with Gasteiger partial charge in [0, 0.05) is 36.8 Å². The van der Waals surface area contributed by atoms with Crippen molar-refractivity contribution in [2.75, 3.05) is 6.54 Å². The summed E-state index contributed by atoms with van der Waals surface area (Å²) in [7, 11) is 0. The van der Waals surface area contributed by atoms with Crippen LogP contribution in [0.2, 0.25) is 0 Å². The fourth-order valence-electron chi connectivity index (χ4n) is 11.5. The second-order valence-corrected chi connectivity index (χ2v) is 27.8. The van der Waals surface area contributed by atoms with Crippen LogP contribution in [0.25, 0.3) is 0 Å². The van der Waals surface area contributed by atoms with Crippen LogP contribution in [0.15, 0.2) is 0 Å². The van der Waals surface area contributed by atoms with Crippen molar-refractivity contribution in [1.29, 1.82) is 0 Å². The number of unbranched alkanes of at least 4 members (excludes halogenated alkanes) is 39. The molecule has 0 radical (unpaired) electrons. The summed E-state index contributed by atoms with van der Waals surface area (Å²) in [4.78, 5) is 3.38. The van der Waals surface area contributed by atoms with E-state index in [4.69, 9.17) is 12.2 Å². The Kier molecular flexibility index (Phi) is 79.3. The first-order chi connectivity index (χ1) is 38.3. The molecule has 0 rings (SSSR count). The molecular formula is C69H140N4S6Zn. The Hall–Kier alpha value is 1.04. The summed E-state index contributed by atoms with van der Waals surface area (Å²) in [5, 5.41) is 8.62. The van der Waals surface area contributed by atoms with Gasteiger partial charge in [0.15, 0.2) is 0 Å². The van der Waals surface area contributed by atoms with Gasteiger partial charge in [0.1, 0.15) is 4.32 Å². The Morgan fingerprint density at radius 3 is 0.688 bits per heavy atom. The fraction of sp³-hybridized carbons (Fsp3) is 0.957. The molecule has 474 valence electrons. The minimum absolute atomic E-state index is 0. The number of nitrogens with zero attached hydrogens (tertiary/aromatic N) is 1. The summed E-state index contributed by atoms with van der Waals surface area (Å²) in [6.07, 6.45) is 74.4. The van der Waals surface area contributed by atoms with Crippen molar-refractivity contribution in [2.24, 2.45) is 0 Å². The molecule has 4 atom stereocenters. The molecule has 0 aromatic rings. The standard InChI is InChI=1S/C60H123N.C5H10N2S4.C4H9NS2.Zn/c1-7-13-19-25-28-31-34-37-40-43-49-55-58(52-46-22-16-10-4)61(59(53-47-23-17-11-5)56-50-44-41-38-35-32-29-26-20-14-8-2)60(54-48-24-18-12-6)57-51-45-42-39-36-33-30-27-21-15-9-3;1-3(7-5(10)11)2-6-4(8)9;1-3(2)5-4(6)7;/h58-60H,7-57H2,1-6H3;3H,2H2,1H3,(H2,6,8,9)(H2,7,10,11);3H,1-2H3,(H2,5,6,7);/q;;;+2/p-2. The molecule has 0 fully saturated rings. The van der Waals surface area contributed by atoms with Crippen molar-refractivity contribution in [1.82, 2.24) is 20.9 Å². The molecule has 0 amide bonds. The zero-order chi connectivity index (χ0) is 59.1. The van der Waals surface area contributed by atoms with E-state index in [1.807, 2.05) is 20.8 Å². The average molecular weight is 1280 g/mol. The molecule has 0 saturated heterocycles. The van der Waals surface area contributed by atoms with E-state index in [9.17, 15) is 0 Å². The van der Waals surface area contributed by atoms with Crippen LogP contribution in [0.3, 0.4) is 0 Å². The Labute approximate surface area is 549 Å². The number of hydrogen-bond acceptors (Lipinski definition) is 6. The molecule has 0 aromatic carbocycles. The smallest absolute Gasteiger partial charge is 0.412 e. The molecule has 80 heavy (non-hydrogen) atoms. The van der Waals surface area contributed by atoms with Crippen molar-refractivity contribution >= 4 is 87.5 Å². The summed E-state index contributed by atoms with van der Waals surface area (Å²) in [6.45, 7) is 20.9. The van der Waals surface area contributed by atoms with Gasteiger partial charge in [-0.05, 0) is 59.3 Å². The molecule has 0 aliphatic heterocycles. The number of thiocarbonyl (C=S) groups is 3. The zero-order valence-electron chi connectivity index (χ0n) is 55.3. The van der Waals surface area contributed by atoms with E-state index >= 15 is 0 Å². The average Bonchev–Trinajstić information content (AvgIpc) is 3.40. The van der Waals surface area contributed by atoms with Crippen LogP contribution in [-0.2, 0) is 44.7 Å². The quantitative estimate of drug-likeness (QED) is 0.0157. The maximum atomic E-state index is 4.69. The SMILES string of the molecule is CC(C)NC(=S)[S-].CC(CNC(=S)S)NC(=S)[S-].CCCCCCCCCCCCCC(CCCCCC)N(C(CCCCCC)CCCCCCCCCCCCC)C(CCCCCC)CCCCCCCCCCCCC.[Zn+2]. The molecule has 4 nitrogen and oxygen atoms in total. The topological polar surface area (TPSA) is 39.3 Å². The van der Waals surface area contributed by atoms with Gasteiger partial charge in [0.25, 0.3) is 0 Å². The summed E-state index contributed by atoms with van der Waals surface area (Å²) in [6, 6.07) is 3.03. The minimum atomic E-state index is 0. The molecule has 3 N–H and O–H groups in total. The third kappa shape index (κ3) is 69.8. The van der Waals surface area contributed by atoms with Crippen LogP contribution in [0.1, 0.15) is 390 Å². The van der Waals surface area contributed by atoms with Gasteiger partial charge >= 0.3 is 19.5 Å². The van der Waals surface area contributed by atoms with Crippen molar-refractivity contribution in [3.63, 3.8) is 0 Å². The summed E-state index contributed by atoms with van der Waals surface area (Å²) in [5.41, 5.74) is 0. The maximum absolute atomic E-state index is 4.69. The first-order valence-electron chi connectivity index (χ1n) is 35.0. The zero-order valence-corrected chi connectivity index (χ0v) is 63.2. The number of rotatable bonds is 58. The van der Waals surface area contributed by atoms with E-state index in [1.54, 1.807) is 0 Å². The predicted molar refractivity (Wildman–Crippen MR) is 383 cm³/mol. The third-order valence-corrected chi connectivity index (χ3v) is 17.0. The predicted octanol–water partition coefficient (Wildman–Crippen LogP) is 23.8. The molecule has 0 saturated carbocycles. The monoisotopic (exact) mass is 1280 g/mol. The van der Waals surface area contributed by atoms with Crippen LogP contribution in [0.4, 0.5) is 0 Å². The Balaban J connectivity index is -0.00000129. The molecule has 0 aliphatic rings. The van der Waals surface area contributed by atoms with E-state index in [0.29, 0.717) is 25.5 Å². The van der Waals surface area contributed by atoms with Gasteiger partial charge < -0.3 is 65.6 Å². The van der Waals surface area contributed by atoms with Gasteiger partial charge in [-0.1, -0.05) is 351 Å². The van der Waals surface area contributed by atoms with Gasteiger partial charge in [0.05, 0.1) is 0 Å². The van der Waals surface area contributed by atoms with Gasteiger partial charge in [0.2, 0.25) is 0 Å². The summed E-state index contributed by atoms with van der Waals surface area (Å²) in [5.74, 6) is 0. The van der Waals surface area contributed by atoms with E-state index in [0.717, 1.165) is 18.1 Å².